The highest BCUT2D eigenvalue weighted by Crippen LogP contribution is 2.23. The van der Waals surface area contributed by atoms with Crippen LogP contribution in [0.3, 0.4) is 0 Å². The molecule has 0 aliphatic heterocycles. The van der Waals surface area contributed by atoms with E-state index in [0.717, 1.165) is 13.0 Å². The number of nitro groups is 1. The van der Waals surface area contributed by atoms with E-state index in [0.29, 0.717) is 35.7 Å². The third kappa shape index (κ3) is 6.45. The molecule has 112 valence electrons. The van der Waals surface area contributed by atoms with Crippen molar-refractivity contribution in [2.45, 2.75) is 26.8 Å². The zero-order chi connectivity index (χ0) is 15.0. The summed E-state index contributed by atoms with van der Waals surface area (Å²) in [6, 6.07) is 5.09. The van der Waals surface area contributed by atoms with Gasteiger partial charge in [0.2, 0.25) is 0 Å². The van der Waals surface area contributed by atoms with Crippen molar-refractivity contribution in [2.75, 3.05) is 19.8 Å². The molecule has 0 heterocycles. The first kappa shape index (κ1) is 17.1. The molecule has 0 amide bonds. The SMILES string of the molecule is CC(C)CCOCCNCc1ccc(Br)cc1[N+](=O)[O-]. The van der Waals surface area contributed by atoms with Crippen LogP contribution < -0.4 is 5.32 Å². The second kappa shape index (κ2) is 9.05. The van der Waals surface area contributed by atoms with Gasteiger partial charge in [0.05, 0.1) is 11.5 Å². The molecule has 1 aromatic rings. The van der Waals surface area contributed by atoms with Gasteiger partial charge < -0.3 is 10.1 Å². The molecule has 1 rings (SSSR count). The standard InChI is InChI=1S/C14H21BrN2O3/c1-11(2)5-7-20-8-6-16-10-12-3-4-13(15)9-14(12)17(18)19/h3-4,9,11,16H,5-8,10H2,1-2H3. The molecular weight excluding hydrogens is 324 g/mol. The molecule has 0 aromatic heterocycles. The first-order valence-electron chi connectivity index (χ1n) is 6.72. The fraction of sp³-hybridized carbons (Fsp3) is 0.571. The number of rotatable bonds is 9. The highest BCUT2D eigenvalue weighted by atomic mass is 79.9. The molecule has 6 heteroatoms. The highest BCUT2D eigenvalue weighted by molar-refractivity contribution is 9.10. The lowest BCUT2D eigenvalue weighted by Crippen LogP contribution is -2.20. The Labute approximate surface area is 128 Å². The van der Waals surface area contributed by atoms with Crippen LogP contribution in [0.4, 0.5) is 5.69 Å². The van der Waals surface area contributed by atoms with Gasteiger partial charge in [0.15, 0.2) is 0 Å². The van der Waals surface area contributed by atoms with Crippen molar-refractivity contribution in [3.05, 3.63) is 38.3 Å². The fourth-order valence-electron chi connectivity index (χ4n) is 1.64. The zero-order valence-corrected chi connectivity index (χ0v) is 13.5. The van der Waals surface area contributed by atoms with Gasteiger partial charge in [0.25, 0.3) is 5.69 Å². The minimum absolute atomic E-state index is 0.132. The monoisotopic (exact) mass is 344 g/mol. The summed E-state index contributed by atoms with van der Waals surface area (Å²) >= 11 is 3.24. The first-order valence-corrected chi connectivity index (χ1v) is 7.51. The van der Waals surface area contributed by atoms with Crippen molar-refractivity contribution in [2.24, 2.45) is 5.92 Å². The minimum Gasteiger partial charge on any atom is -0.380 e. The number of nitrogens with zero attached hydrogens (tertiary/aromatic N) is 1. The van der Waals surface area contributed by atoms with Gasteiger partial charge in [-0.2, -0.15) is 0 Å². The molecule has 5 nitrogen and oxygen atoms in total. The second-order valence-electron chi connectivity index (χ2n) is 5.00. The molecule has 0 bridgehead atoms. The topological polar surface area (TPSA) is 64.4 Å². The summed E-state index contributed by atoms with van der Waals surface area (Å²) in [7, 11) is 0. The Hall–Kier alpha value is -0.980. The van der Waals surface area contributed by atoms with Crippen molar-refractivity contribution in [1.82, 2.24) is 5.32 Å². The van der Waals surface area contributed by atoms with E-state index < -0.39 is 0 Å². The number of nitrogens with one attached hydrogen (secondary N) is 1. The first-order chi connectivity index (χ1) is 9.50. The van der Waals surface area contributed by atoms with Crippen LogP contribution >= 0.6 is 15.9 Å². The van der Waals surface area contributed by atoms with Gasteiger partial charge in [-0.05, 0) is 24.5 Å². The molecule has 0 radical (unpaired) electrons. The van der Waals surface area contributed by atoms with Crippen LogP contribution in [0.2, 0.25) is 0 Å². The van der Waals surface area contributed by atoms with Crippen LogP contribution in [0, 0.1) is 16.0 Å². The van der Waals surface area contributed by atoms with E-state index in [2.05, 4.69) is 35.1 Å². The van der Waals surface area contributed by atoms with Crippen LogP contribution in [-0.2, 0) is 11.3 Å². The van der Waals surface area contributed by atoms with E-state index in [-0.39, 0.29) is 10.6 Å². The number of halogens is 1. The van der Waals surface area contributed by atoms with E-state index >= 15 is 0 Å². The summed E-state index contributed by atoms with van der Waals surface area (Å²) in [4.78, 5) is 10.6. The number of hydrogen-bond acceptors (Lipinski definition) is 4. The van der Waals surface area contributed by atoms with Crippen molar-refractivity contribution in [1.29, 1.82) is 0 Å². The summed E-state index contributed by atoms with van der Waals surface area (Å²) in [5, 5.41) is 14.1. The van der Waals surface area contributed by atoms with E-state index in [9.17, 15) is 10.1 Å². The van der Waals surface area contributed by atoms with Crippen LogP contribution in [0.25, 0.3) is 0 Å². The average Bonchev–Trinajstić information content (AvgIpc) is 2.38. The Kier molecular flexibility index (Phi) is 7.72. The largest absolute Gasteiger partial charge is 0.380 e. The van der Waals surface area contributed by atoms with E-state index in [1.165, 1.54) is 6.07 Å². The van der Waals surface area contributed by atoms with Gasteiger partial charge in [0, 0.05) is 35.8 Å². The van der Waals surface area contributed by atoms with Gasteiger partial charge in [-0.25, -0.2) is 0 Å². The Morgan fingerprint density at radius 2 is 2.15 bits per heavy atom. The lowest BCUT2D eigenvalue weighted by Gasteiger charge is -2.08. The van der Waals surface area contributed by atoms with Crippen molar-refractivity contribution in [3.63, 3.8) is 0 Å². The molecule has 0 aliphatic rings. The molecule has 0 unspecified atom stereocenters. The maximum Gasteiger partial charge on any atom is 0.275 e. The summed E-state index contributed by atoms with van der Waals surface area (Å²) in [5.74, 6) is 0.647. The van der Waals surface area contributed by atoms with Crippen molar-refractivity contribution >= 4 is 21.6 Å². The minimum atomic E-state index is -0.360. The molecule has 0 spiro atoms. The van der Waals surface area contributed by atoms with Crippen molar-refractivity contribution < 1.29 is 9.66 Å². The molecule has 20 heavy (non-hydrogen) atoms. The Morgan fingerprint density at radius 3 is 2.80 bits per heavy atom. The zero-order valence-electron chi connectivity index (χ0n) is 11.9. The number of hydrogen-bond donors (Lipinski definition) is 1. The third-order valence-electron chi connectivity index (χ3n) is 2.82. The van der Waals surface area contributed by atoms with Gasteiger partial charge in [-0.1, -0.05) is 29.8 Å². The number of nitro benzene ring substituents is 1. The molecule has 0 aliphatic carbocycles. The molecule has 0 atom stereocenters. The molecule has 1 N–H and O–H groups in total. The third-order valence-corrected chi connectivity index (χ3v) is 3.32. The summed E-state index contributed by atoms with van der Waals surface area (Å²) < 4.78 is 6.19. The second-order valence-corrected chi connectivity index (χ2v) is 5.92. The lowest BCUT2D eigenvalue weighted by atomic mass is 10.1. The van der Waals surface area contributed by atoms with E-state index in [1.807, 2.05) is 6.07 Å². The number of ether oxygens (including phenoxy) is 1. The normalized spacial score (nSPS) is 11.0. The van der Waals surface area contributed by atoms with Gasteiger partial charge in [-0.15, -0.1) is 0 Å². The summed E-state index contributed by atoms with van der Waals surface area (Å²) in [6.45, 7) is 6.86. The fourth-order valence-corrected chi connectivity index (χ4v) is 1.99. The maximum atomic E-state index is 10.9. The van der Waals surface area contributed by atoms with Crippen molar-refractivity contribution in [3.8, 4) is 0 Å². The molecule has 0 fully saturated rings. The van der Waals surface area contributed by atoms with Gasteiger partial charge in [0.1, 0.15) is 0 Å². The lowest BCUT2D eigenvalue weighted by molar-refractivity contribution is -0.385. The summed E-state index contributed by atoms with van der Waals surface area (Å²) in [6.07, 6.45) is 1.05. The average molecular weight is 345 g/mol. The Bertz CT molecular complexity index is 438. The van der Waals surface area contributed by atoms with Crippen LogP contribution in [0.15, 0.2) is 22.7 Å². The molecule has 0 saturated heterocycles. The van der Waals surface area contributed by atoms with E-state index in [4.69, 9.17) is 4.74 Å². The molecule has 1 aromatic carbocycles. The van der Waals surface area contributed by atoms with Crippen LogP contribution in [0.5, 0.6) is 0 Å². The highest BCUT2D eigenvalue weighted by Gasteiger charge is 2.13. The van der Waals surface area contributed by atoms with E-state index in [1.54, 1.807) is 6.07 Å². The molecule has 0 saturated carbocycles. The summed E-state index contributed by atoms with van der Waals surface area (Å²) in [5.41, 5.74) is 0.813. The predicted molar refractivity (Wildman–Crippen MR) is 82.8 cm³/mol. The Balaban J connectivity index is 2.30. The molecular formula is C14H21BrN2O3. The maximum absolute atomic E-state index is 10.9. The van der Waals surface area contributed by atoms with Gasteiger partial charge >= 0.3 is 0 Å². The predicted octanol–water partition coefficient (Wildman–Crippen LogP) is 3.51. The quantitative estimate of drug-likeness (QED) is 0.423. The Morgan fingerprint density at radius 1 is 1.40 bits per heavy atom. The smallest absolute Gasteiger partial charge is 0.275 e. The van der Waals surface area contributed by atoms with Gasteiger partial charge in [-0.3, -0.25) is 10.1 Å². The van der Waals surface area contributed by atoms with Crippen LogP contribution in [-0.4, -0.2) is 24.7 Å². The number of benzene rings is 1. The van der Waals surface area contributed by atoms with Crippen LogP contribution in [0.1, 0.15) is 25.8 Å².